The van der Waals surface area contributed by atoms with Gasteiger partial charge in [0.25, 0.3) is 0 Å². The molecule has 2 heterocycles. The van der Waals surface area contributed by atoms with Gasteiger partial charge in [0.2, 0.25) is 5.91 Å². The van der Waals surface area contributed by atoms with Crippen molar-refractivity contribution < 1.29 is 14.3 Å². The molecule has 1 aromatic rings. The highest BCUT2D eigenvalue weighted by Gasteiger charge is 2.30. The van der Waals surface area contributed by atoms with Crippen molar-refractivity contribution in [2.24, 2.45) is 5.92 Å². The molecule has 0 spiro atoms. The van der Waals surface area contributed by atoms with E-state index in [1.165, 1.54) is 11.1 Å². The normalized spacial score (nSPS) is 18.7. The van der Waals surface area contributed by atoms with E-state index in [2.05, 4.69) is 24.4 Å². The van der Waals surface area contributed by atoms with Crippen molar-refractivity contribution in [1.82, 2.24) is 15.1 Å². The van der Waals surface area contributed by atoms with Crippen LogP contribution in [0.4, 0.5) is 4.79 Å². The van der Waals surface area contributed by atoms with Crippen LogP contribution in [-0.4, -0.2) is 67.7 Å². The summed E-state index contributed by atoms with van der Waals surface area (Å²) in [6.07, 6.45) is 2.34. The van der Waals surface area contributed by atoms with Gasteiger partial charge in [0, 0.05) is 38.6 Å². The van der Waals surface area contributed by atoms with E-state index in [9.17, 15) is 9.59 Å². The number of nitrogens with one attached hydrogen (secondary N) is 1. The average Bonchev–Trinajstić information content (AvgIpc) is 2.69. The fraction of sp³-hybridized carbons (Fsp3) is 0.600. The molecular weight excluding hydrogens is 330 g/mol. The maximum absolute atomic E-state index is 12.5. The number of carbonyl (C=O) groups is 2. The molecule has 0 aromatic heterocycles. The van der Waals surface area contributed by atoms with Gasteiger partial charge >= 0.3 is 6.03 Å². The standard InChI is InChI=1S/C20H29N3O3/c1-16-4-2-3-5-17(16)6-9-21-20(25)23-10-7-18(8-11-23)19(24)22-12-14-26-15-13-22/h2-5,18H,6-15H2,1H3,(H,21,25). The topological polar surface area (TPSA) is 61.9 Å². The Morgan fingerprint density at radius 3 is 2.46 bits per heavy atom. The number of likely N-dealkylation sites (tertiary alicyclic amines) is 1. The fourth-order valence-electron chi connectivity index (χ4n) is 3.68. The van der Waals surface area contributed by atoms with E-state index in [1.807, 2.05) is 21.9 Å². The summed E-state index contributed by atoms with van der Waals surface area (Å²) in [5.41, 5.74) is 2.52. The van der Waals surface area contributed by atoms with E-state index in [-0.39, 0.29) is 17.9 Å². The third-order valence-electron chi connectivity index (χ3n) is 5.39. The van der Waals surface area contributed by atoms with Gasteiger partial charge in [-0.3, -0.25) is 4.79 Å². The largest absolute Gasteiger partial charge is 0.378 e. The number of rotatable bonds is 4. The number of benzene rings is 1. The van der Waals surface area contributed by atoms with E-state index < -0.39 is 0 Å². The Hall–Kier alpha value is -2.08. The Bertz CT molecular complexity index is 620. The summed E-state index contributed by atoms with van der Waals surface area (Å²) in [5.74, 6) is 0.275. The quantitative estimate of drug-likeness (QED) is 0.892. The molecule has 1 aromatic carbocycles. The van der Waals surface area contributed by atoms with Crippen LogP contribution in [0.1, 0.15) is 24.0 Å². The van der Waals surface area contributed by atoms with Gasteiger partial charge in [0.15, 0.2) is 0 Å². The summed E-state index contributed by atoms with van der Waals surface area (Å²) >= 11 is 0. The van der Waals surface area contributed by atoms with Gasteiger partial charge in [-0.1, -0.05) is 24.3 Å². The first-order valence-electron chi connectivity index (χ1n) is 9.59. The number of hydrogen-bond donors (Lipinski definition) is 1. The maximum atomic E-state index is 12.5. The number of urea groups is 1. The molecule has 1 N–H and O–H groups in total. The van der Waals surface area contributed by atoms with Gasteiger partial charge in [-0.15, -0.1) is 0 Å². The van der Waals surface area contributed by atoms with E-state index in [4.69, 9.17) is 4.74 Å². The summed E-state index contributed by atoms with van der Waals surface area (Å²) in [5, 5.41) is 3.01. The van der Waals surface area contributed by atoms with E-state index >= 15 is 0 Å². The minimum atomic E-state index is -0.0177. The lowest BCUT2D eigenvalue weighted by molar-refractivity contribution is -0.141. The number of piperidine rings is 1. The zero-order valence-corrected chi connectivity index (χ0v) is 15.6. The Morgan fingerprint density at radius 2 is 1.77 bits per heavy atom. The monoisotopic (exact) mass is 359 g/mol. The molecule has 2 fully saturated rings. The second-order valence-corrected chi connectivity index (χ2v) is 7.11. The molecule has 142 valence electrons. The van der Waals surface area contributed by atoms with Crippen LogP contribution < -0.4 is 5.32 Å². The number of hydrogen-bond acceptors (Lipinski definition) is 3. The lowest BCUT2D eigenvalue weighted by Crippen LogP contribution is -2.49. The van der Waals surface area contributed by atoms with Gasteiger partial charge in [-0.2, -0.15) is 0 Å². The molecule has 0 unspecified atom stereocenters. The van der Waals surface area contributed by atoms with Gasteiger partial charge in [-0.25, -0.2) is 4.79 Å². The fourth-order valence-corrected chi connectivity index (χ4v) is 3.68. The minimum Gasteiger partial charge on any atom is -0.378 e. The molecule has 2 aliphatic rings. The molecular formula is C20H29N3O3. The number of amides is 3. The zero-order chi connectivity index (χ0) is 18.4. The summed E-state index contributed by atoms with van der Waals surface area (Å²) in [6, 6.07) is 8.23. The predicted octanol–water partition coefficient (Wildman–Crippen LogP) is 1.82. The van der Waals surface area contributed by atoms with Crippen molar-refractivity contribution in [3.63, 3.8) is 0 Å². The van der Waals surface area contributed by atoms with Crippen LogP contribution in [-0.2, 0) is 16.0 Å². The van der Waals surface area contributed by atoms with Crippen LogP contribution in [0, 0.1) is 12.8 Å². The molecule has 2 aliphatic heterocycles. The van der Waals surface area contributed by atoms with Crippen LogP contribution in [0.25, 0.3) is 0 Å². The van der Waals surface area contributed by atoms with Crippen molar-refractivity contribution in [2.45, 2.75) is 26.2 Å². The summed E-state index contributed by atoms with van der Waals surface area (Å²) in [7, 11) is 0. The predicted molar refractivity (Wildman–Crippen MR) is 100.0 cm³/mol. The highest BCUT2D eigenvalue weighted by Crippen LogP contribution is 2.20. The summed E-state index contributed by atoms with van der Waals surface area (Å²) in [6.45, 7) is 6.68. The van der Waals surface area contributed by atoms with Crippen molar-refractivity contribution in [2.75, 3.05) is 45.9 Å². The highest BCUT2D eigenvalue weighted by molar-refractivity contribution is 5.80. The zero-order valence-electron chi connectivity index (χ0n) is 15.6. The SMILES string of the molecule is Cc1ccccc1CCNC(=O)N1CCC(C(=O)N2CCOCC2)CC1. The molecule has 6 heteroatoms. The van der Waals surface area contributed by atoms with Crippen LogP contribution in [0.15, 0.2) is 24.3 Å². The van der Waals surface area contributed by atoms with Crippen LogP contribution >= 0.6 is 0 Å². The number of carbonyl (C=O) groups excluding carboxylic acids is 2. The molecule has 3 amide bonds. The Labute approximate surface area is 155 Å². The van der Waals surface area contributed by atoms with Crippen LogP contribution in [0.5, 0.6) is 0 Å². The van der Waals surface area contributed by atoms with Crippen LogP contribution in [0.2, 0.25) is 0 Å². The summed E-state index contributed by atoms with van der Waals surface area (Å²) < 4.78 is 5.31. The van der Waals surface area contributed by atoms with Crippen molar-refractivity contribution in [1.29, 1.82) is 0 Å². The van der Waals surface area contributed by atoms with E-state index in [0.29, 0.717) is 45.9 Å². The maximum Gasteiger partial charge on any atom is 0.317 e. The van der Waals surface area contributed by atoms with Gasteiger partial charge in [0.1, 0.15) is 0 Å². The Kier molecular flexibility index (Phi) is 6.50. The molecule has 0 aliphatic carbocycles. The van der Waals surface area contributed by atoms with Crippen molar-refractivity contribution in [3.8, 4) is 0 Å². The molecule has 6 nitrogen and oxygen atoms in total. The minimum absolute atomic E-state index is 0.0177. The molecule has 0 radical (unpaired) electrons. The van der Waals surface area contributed by atoms with Gasteiger partial charge in [0.05, 0.1) is 13.2 Å². The number of aryl methyl sites for hydroxylation is 1. The van der Waals surface area contributed by atoms with E-state index in [1.54, 1.807) is 0 Å². The Balaban J connectivity index is 1.39. The first-order chi connectivity index (χ1) is 12.6. The molecule has 2 saturated heterocycles. The number of ether oxygens (including phenoxy) is 1. The van der Waals surface area contributed by atoms with Gasteiger partial charge < -0.3 is 19.9 Å². The smallest absolute Gasteiger partial charge is 0.317 e. The van der Waals surface area contributed by atoms with Gasteiger partial charge in [-0.05, 0) is 37.3 Å². The summed E-state index contributed by atoms with van der Waals surface area (Å²) in [4.78, 5) is 28.6. The molecule has 0 atom stereocenters. The molecule has 26 heavy (non-hydrogen) atoms. The van der Waals surface area contributed by atoms with Crippen molar-refractivity contribution in [3.05, 3.63) is 35.4 Å². The average molecular weight is 359 g/mol. The Morgan fingerprint density at radius 1 is 1.08 bits per heavy atom. The first-order valence-corrected chi connectivity index (χ1v) is 9.59. The lowest BCUT2D eigenvalue weighted by atomic mass is 9.95. The van der Waals surface area contributed by atoms with E-state index in [0.717, 1.165) is 19.3 Å². The third kappa shape index (κ3) is 4.75. The number of nitrogens with zero attached hydrogens (tertiary/aromatic N) is 2. The second-order valence-electron chi connectivity index (χ2n) is 7.11. The first kappa shape index (κ1) is 18.7. The molecule has 0 saturated carbocycles. The third-order valence-corrected chi connectivity index (χ3v) is 5.39. The number of morpholine rings is 1. The highest BCUT2D eigenvalue weighted by atomic mass is 16.5. The molecule has 0 bridgehead atoms. The molecule has 3 rings (SSSR count). The van der Waals surface area contributed by atoms with Crippen molar-refractivity contribution >= 4 is 11.9 Å². The lowest BCUT2D eigenvalue weighted by Gasteiger charge is -2.35. The van der Waals surface area contributed by atoms with Crippen LogP contribution in [0.3, 0.4) is 0 Å². The second kappa shape index (κ2) is 9.03.